The van der Waals surface area contributed by atoms with Crippen LogP contribution in [0.15, 0.2) is 30.5 Å². The third-order valence-corrected chi connectivity index (χ3v) is 4.10. The number of hydrogen-bond acceptors (Lipinski definition) is 4. The summed E-state index contributed by atoms with van der Waals surface area (Å²) in [5.74, 6) is 0.450. The predicted molar refractivity (Wildman–Crippen MR) is 88.2 cm³/mol. The van der Waals surface area contributed by atoms with Gasteiger partial charge < -0.3 is 18.9 Å². The molecule has 0 amide bonds. The molecular formula is C18H22N2O3. The van der Waals surface area contributed by atoms with E-state index < -0.39 is 5.60 Å². The van der Waals surface area contributed by atoms with Crippen molar-refractivity contribution < 1.29 is 14.3 Å². The van der Waals surface area contributed by atoms with Gasteiger partial charge >= 0.3 is 5.97 Å². The predicted octanol–water partition coefficient (Wildman–Crippen LogP) is 2.95. The van der Waals surface area contributed by atoms with E-state index in [1.165, 1.54) is 7.11 Å². The highest BCUT2D eigenvalue weighted by Gasteiger charge is 2.35. The van der Waals surface area contributed by atoms with Gasteiger partial charge in [0, 0.05) is 18.3 Å². The molecule has 1 aromatic heterocycles. The summed E-state index contributed by atoms with van der Waals surface area (Å²) >= 11 is 0. The number of hydrogen-bond donors (Lipinski definition) is 0. The number of carbonyl (C=O) groups is 1. The zero-order valence-corrected chi connectivity index (χ0v) is 14.2. The molecule has 23 heavy (non-hydrogen) atoms. The number of rotatable bonds is 3. The molecule has 5 heteroatoms. The highest BCUT2D eigenvalue weighted by molar-refractivity contribution is 5.93. The van der Waals surface area contributed by atoms with Crippen molar-refractivity contribution in [2.24, 2.45) is 0 Å². The van der Waals surface area contributed by atoms with Gasteiger partial charge in [0.1, 0.15) is 11.4 Å². The molecule has 1 aromatic carbocycles. The molecule has 0 bridgehead atoms. The van der Waals surface area contributed by atoms with Crippen LogP contribution in [-0.2, 0) is 16.9 Å². The number of benzene rings is 1. The lowest BCUT2D eigenvalue weighted by Crippen LogP contribution is -2.33. The monoisotopic (exact) mass is 314 g/mol. The Hall–Kier alpha value is -2.27. The van der Waals surface area contributed by atoms with Crippen LogP contribution in [0.25, 0.3) is 5.69 Å². The van der Waals surface area contributed by atoms with Crippen molar-refractivity contribution in [3.8, 4) is 11.4 Å². The first-order valence-corrected chi connectivity index (χ1v) is 7.61. The molecule has 122 valence electrons. The van der Waals surface area contributed by atoms with Gasteiger partial charge in [0.25, 0.3) is 0 Å². The Balaban J connectivity index is 2.28. The van der Waals surface area contributed by atoms with Gasteiger partial charge in [0.2, 0.25) is 0 Å². The lowest BCUT2D eigenvalue weighted by molar-refractivity contribution is 0.0598. The van der Waals surface area contributed by atoms with Crippen LogP contribution in [0.2, 0.25) is 0 Å². The van der Waals surface area contributed by atoms with Crippen LogP contribution in [0.1, 0.15) is 35.5 Å². The molecule has 1 aliphatic rings. The van der Waals surface area contributed by atoms with Crippen molar-refractivity contribution >= 4 is 5.97 Å². The number of fused-ring (bicyclic) bond motifs is 3. The van der Waals surface area contributed by atoms with Crippen molar-refractivity contribution in [3.63, 3.8) is 0 Å². The standard InChI is InChI=1S/C18H22N2O3/c1-18(2)15-7-6-10-20(15)16-13(11-19(3)4)12(17(21)22-5)8-9-14(16)23-18/h6-10H,11H2,1-5H3. The van der Waals surface area contributed by atoms with Crippen molar-refractivity contribution in [2.45, 2.75) is 26.0 Å². The van der Waals surface area contributed by atoms with E-state index in [-0.39, 0.29) is 5.97 Å². The van der Waals surface area contributed by atoms with Gasteiger partial charge in [-0.2, -0.15) is 0 Å². The van der Waals surface area contributed by atoms with E-state index in [0.29, 0.717) is 12.1 Å². The van der Waals surface area contributed by atoms with E-state index in [4.69, 9.17) is 9.47 Å². The summed E-state index contributed by atoms with van der Waals surface area (Å²) in [7, 11) is 5.36. The molecule has 0 atom stereocenters. The van der Waals surface area contributed by atoms with Crippen LogP contribution < -0.4 is 4.74 Å². The highest BCUT2D eigenvalue weighted by Crippen LogP contribution is 2.42. The van der Waals surface area contributed by atoms with Crippen LogP contribution in [0.4, 0.5) is 0 Å². The normalized spacial score (nSPS) is 14.9. The average molecular weight is 314 g/mol. The van der Waals surface area contributed by atoms with Gasteiger partial charge in [0.05, 0.1) is 24.1 Å². The van der Waals surface area contributed by atoms with Crippen molar-refractivity contribution in [1.29, 1.82) is 0 Å². The minimum atomic E-state index is -0.418. The van der Waals surface area contributed by atoms with Gasteiger partial charge in [-0.25, -0.2) is 4.79 Å². The Labute approximate surface area is 136 Å². The molecule has 0 spiro atoms. The number of carbonyl (C=O) groups excluding carboxylic acids is 1. The Bertz CT molecular complexity index is 760. The largest absolute Gasteiger partial charge is 0.479 e. The van der Waals surface area contributed by atoms with Crippen molar-refractivity contribution in [2.75, 3.05) is 21.2 Å². The molecule has 0 saturated heterocycles. The fourth-order valence-electron chi connectivity index (χ4n) is 3.13. The Morgan fingerprint density at radius 1 is 1.30 bits per heavy atom. The molecule has 1 aliphatic heterocycles. The third-order valence-electron chi connectivity index (χ3n) is 4.10. The molecule has 2 aromatic rings. The van der Waals surface area contributed by atoms with Crippen molar-refractivity contribution in [3.05, 3.63) is 47.3 Å². The van der Waals surface area contributed by atoms with Gasteiger partial charge in [-0.3, -0.25) is 0 Å². The van der Waals surface area contributed by atoms with Crippen LogP contribution in [-0.4, -0.2) is 36.6 Å². The average Bonchev–Trinajstić information content (AvgIpc) is 2.96. The van der Waals surface area contributed by atoms with Crippen molar-refractivity contribution in [1.82, 2.24) is 9.47 Å². The number of nitrogens with zero attached hydrogens (tertiary/aromatic N) is 2. The van der Waals surface area contributed by atoms with Gasteiger partial charge in [-0.1, -0.05) is 0 Å². The molecule has 2 heterocycles. The number of esters is 1. The fraction of sp³-hybridized carbons (Fsp3) is 0.389. The maximum atomic E-state index is 12.2. The quantitative estimate of drug-likeness (QED) is 0.817. The van der Waals surface area contributed by atoms with E-state index in [1.54, 1.807) is 6.07 Å². The Morgan fingerprint density at radius 3 is 2.70 bits per heavy atom. The van der Waals surface area contributed by atoms with Crippen LogP contribution in [0, 0.1) is 0 Å². The maximum Gasteiger partial charge on any atom is 0.338 e. The maximum absolute atomic E-state index is 12.2. The first kappa shape index (κ1) is 15.6. The van der Waals surface area contributed by atoms with E-state index in [0.717, 1.165) is 22.7 Å². The topological polar surface area (TPSA) is 43.7 Å². The summed E-state index contributed by atoms with van der Waals surface area (Å²) in [6.07, 6.45) is 2.01. The van der Waals surface area contributed by atoms with Crippen LogP contribution in [0.5, 0.6) is 5.75 Å². The molecule has 0 fully saturated rings. The van der Waals surface area contributed by atoms with Crippen LogP contribution in [0.3, 0.4) is 0 Å². The first-order valence-electron chi connectivity index (χ1n) is 7.61. The van der Waals surface area contributed by atoms with Gasteiger partial charge in [-0.15, -0.1) is 0 Å². The minimum Gasteiger partial charge on any atom is -0.479 e. The summed E-state index contributed by atoms with van der Waals surface area (Å²) in [5.41, 5.74) is 3.04. The Kier molecular flexibility index (Phi) is 3.68. The summed E-state index contributed by atoms with van der Waals surface area (Å²) in [4.78, 5) is 14.2. The highest BCUT2D eigenvalue weighted by atomic mass is 16.5. The second-order valence-electron chi connectivity index (χ2n) is 6.54. The van der Waals surface area contributed by atoms with E-state index >= 15 is 0 Å². The summed E-state index contributed by atoms with van der Waals surface area (Å²) < 4.78 is 13.3. The summed E-state index contributed by atoms with van der Waals surface area (Å²) in [6.45, 7) is 4.71. The second kappa shape index (κ2) is 5.42. The molecular weight excluding hydrogens is 292 g/mol. The third kappa shape index (κ3) is 2.51. The van der Waals surface area contributed by atoms with E-state index in [9.17, 15) is 4.79 Å². The minimum absolute atomic E-state index is 0.330. The molecule has 3 rings (SSSR count). The molecule has 0 aliphatic carbocycles. The van der Waals surface area contributed by atoms with Gasteiger partial charge in [0.15, 0.2) is 0 Å². The zero-order valence-electron chi connectivity index (χ0n) is 14.2. The molecule has 0 saturated carbocycles. The summed E-state index contributed by atoms with van der Waals surface area (Å²) in [6, 6.07) is 7.69. The van der Waals surface area contributed by atoms with Gasteiger partial charge in [-0.05, 0) is 52.2 Å². The summed E-state index contributed by atoms with van der Waals surface area (Å²) in [5, 5.41) is 0. The molecule has 5 nitrogen and oxygen atoms in total. The van der Waals surface area contributed by atoms with E-state index in [1.807, 2.05) is 57.2 Å². The first-order chi connectivity index (χ1) is 10.8. The SMILES string of the molecule is COC(=O)c1ccc2c(c1CN(C)C)-n1cccc1C(C)(C)O2. The lowest BCUT2D eigenvalue weighted by Gasteiger charge is -2.36. The smallest absolute Gasteiger partial charge is 0.338 e. The van der Waals surface area contributed by atoms with Crippen LogP contribution >= 0.6 is 0 Å². The zero-order chi connectivity index (χ0) is 16.8. The lowest BCUT2D eigenvalue weighted by atomic mass is 9.98. The number of methoxy groups -OCH3 is 1. The Morgan fingerprint density at radius 2 is 2.04 bits per heavy atom. The second-order valence-corrected chi connectivity index (χ2v) is 6.54. The van der Waals surface area contributed by atoms with E-state index in [2.05, 4.69) is 4.57 Å². The molecule has 0 radical (unpaired) electrons. The fourth-order valence-corrected chi connectivity index (χ4v) is 3.13. The molecule has 0 N–H and O–H groups in total. The molecule has 0 unspecified atom stereocenters. The number of aromatic nitrogens is 1. The number of ether oxygens (including phenoxy) is 2.